The van der Waals surface area contributed by atoms with Gasteiger partial charge in [0.25, 0.3) is 0 Å². The summed E-state index contributed by atoms with van der Waals surface area (Å²) >= 11 is 0. The Morgan fingerprint density at radius 3 is 2.52 bits per heavy atom. The molecule has 4 nitrogen and oxygen atoms in total. The largest absolute Gasteiger partial charge is 0.496 e. The van der Waals surface area contributed by atoms with Gasteiger partial charge in [-0.15, -0.1) is 24.0 Å². The van der Waals surface area contributed by atoms with Crippen LogP contribution in [0.5, 0.6) is 5.75 Å². The van der Waals surface area contributed by atoms with Gasteiger partial charge in [-0.1, -0.05) is 18.2 Å². The van der Waals surface area contributed by atoms with E-state index in [2.05, 4.69) is 15.6 Å². The summed E-state index contributed by atoms with van der Waals surface area (Å²) in [5.74, 6) is 1.47. The molecule has 0 saturated heterocycles. The van der Waals surface area contributed by atoms with E-state index in [1.807, 2.05) is 31.2 Å². The van der Waals surface area contributed by atoms with E-state index in [-0.39, 0.29) is 30.4 Å². The number of rotatable bonds is 9. The summed E-state index contributed by atoms with van der Waals surface area (Å²) in [6.07, 6.45) is -3.54. The highest BCUT2D eigenvalue weighted by molar-refractivity contribution is 14.0. The minimum atomic E-state index is -4.08. The number of methoxy groups -OCH3 is 1. The second-order valence-electron chi connectivity index (χ2n) is 5.32. The Kier molecular flexibility index (Phi) is 12.5. The number of guanidine groups is 1. The van der Waals surface area contributed by atoms with Crippen molar-refractivity contribution in [3.05, 3.63) is 29.8 Å². The zero-order valence-electron chi connectivity index (χ0n) is 14.7. The molecular weight excluding hydrogens is 446 g/mol. The second kappa shape index (κ2) is 13.1. The van der Waals surface area contributed by atoms with Crippen LogP contribution in [0.1, 0.15) is 31.7 Å². The number of para-hydroxylation sites is 1. The first-order valence-corrected chi connectivity index (χ1v) is 8.17. The Bertz CT molecular complexity index is 510. The van der Waals surface area contributed by atoms with Gasteiger partial charge in [0.15, 0.2) is 5.96 Å². The van der Waals surface area contributed by atoms with Crippen molar-refractivity contribution in [3.8, 4) is 5.75 Å². The minimum Gasteiger partial charge on any atom is -0.496 e. The van der Waals surface area contributed by atoms with Crippen LogP contribution in [-0.4, -0.2) is 38.9 Å². The van der Waals surface area contributed by atoms with E-state index in [9.17, 15) is 13.2 Å². The summed E-state index contributed by atoms with van der Waals surface area (Å²) in [5.41, 5.74) is 1.09. The standard InChI is InChI=1S/C17H26F3N3O.HI/c1-3-21-16(22-12-7-6-11-17(18,19)20)23-13-10-14-8-4-5-9-15(14)24-2;/h4-5,8-9H,3,6-7,10-13H2,1-2H3,(H2,21,22,23);1H. The van der Waals surface area contributed by atoms with Gasteiger partial charge in [-0.3, -0.25) is 4.99 Å². The topological polar surface area (TPSA) is 45.7 Å². The quantitative estimate of drug-likeness (QED) is 0.245. The summed E-state index contributed by atoms with van der Waals surface area (Å²) in [7, 11) is 1.64. The van der Waals surface area contributed by atoms with Crippen LogP contribution in [0.15, 0.2) is 29.3 Å². The monoisotopic (exact) mass is 473 g/mol. The lowest BCUT2D eigenvalue weighted by Gasteiger charge is -2.13. The molecule has 2 N–H and O–H groups in total. The molecule has 25 heavy (non-hydrogen) atoms. The third-order valence-corrected chi connectivity index (χ3v) is 3.36. The molecule has 0 amide bonds. The summed E-state index contributed by atoms with van der Waals surface area (Å²) in [6.45, 7) is 3.68. The molecule has 1 aromatic rings. The molecule has 0 saturated carbocycles. The van der Waals surface area contributed by atoms with Crippen molar-refractivity contribution in [2.75, 3.05) is 26.7 Å². The molecule has 0 fully saturated rings. The van der Waals surface area contributed by atoms with Crippen LogP contribution in [0.25, 0.3) is 0 Å². The van der Waals surface area contributed by atoms with E-state index in [0.717, 1.165) is 17.7 Å². The van der Waals surface area contributed by atoms with Crippen molar-refractivity contribution in [2.24, 2.45) is 4.99 Å². The lowest BCUT2D eigenvalue weighted by molar-refractivity contribution is -0.135. The van der Waals surface area contributed by atoms with E-state index in [4.69, 9.17) is 4.74 Å². The maximum atomic E-state index is 12.1. The molecule has 0 atom stereocenters. The lowest BCUT2D eigenvalue weighted by Crippen LogP contribution is -2.38. The van der Waals surface area contributed by atoms with Gasteiger partial charge in [-0.2, -0.15) is 13.2 Å². The van der Waals surface area contributed by atoms with Crippen LogP contribution < -0.4 is 15.4 Å². The number of unbranched alkanes of at least 4 members (excludes halogenated alkanes) is 1. The van der Waals surface area contributed by atoms with Crippen molar-refractivity contribution in [2.45, 2.75) is 38.8 Å². The molecule has 1 rings (SSSR count). The first-order chi connectivity index (χ1) is 11.5. The molecule has 1 aromatic carbocycles. The molecular formula is C17H27F3IN3O. The van der Waals surface area contributed by atoms with Gasteiger partial charge in [-0.25, -0.2) is 0 Å². The fourth-order valence-electron chi connectivity index (χ4n) is 2.19. The van der Waals surface area contributed by atoms with Crippen molar-refractivity contribution < 1.29 is 17.9 Å². The number of hydrogen-bond acceptors (Lipinski definition) is 2. The second-order valence-corrected chi connectivity index (χ2v) is 5.32. The molecule has 0 unspecified atom stereocenters. The predicted octanol–water partition coefficient (Wildman–Crippen LogP) is 4.14. The van der Waals surface area contributed by atoms with Crippen LogP contribution in [-0.2, 0) is 6.42 Å². The van der Waals surface area contributed by atoms with Crippen molar-refractivity contribution in [1.29, 1.82) is 0 Å². The summed E-state index contributed by atoms with van der Waals surface area (Å²) in [6, 6.07) is 7.79. The SMILES string of the molecule is CCNC(=NCCCCC(F)(F)F)NCCc1ccccc1OC.I. The summed E-state index contributed by atoms with van der Waals surface area (Å²) < 4.78 is 41.5. The summed E-state index contributed by atoms with van der Waals surface area (Å²) in [5, 5.41) is 6.28. The van der Waals surface area contributed by atoms with E-state index in [1.165, 1.54) is 0 Å². The van der Waals surface area contributed by atoms with Crippen LogP contribution in [0.4, 0.5) is 13.2 Å². The molecule has 144 valence electrons. The predicted molar refractivity (Wildman–Crippen MR) is 106 cm³/mol. The van der Waals surface area contributed by atoms with E-state index in [1.54, 1.807) is 7.11 Å². The van der Waals surface area contributed by atoms with Crippen LogP contribution in [0.2, 0.25) is 0 Å². The van der Waals surface area contributed by atoms with Gasteiger partial charge in [0, 0.05) is 26.1 Å². The molecule has 0 aliphatic heterocycles. The van der Waals surface area contributed by atoms with Gasteiger partial charge < -0.3 is 15.4 Å². The van der Waals surface area contributed by atoms with Crippen molar-refractivity contribution in [1.82, 2.24) is 10.6 Å². The van der Waals surface area contributed by atoms with Gasteiger partial charge in [-0.05, 0) is 37.8 Å². The minimum absolute atomic E-state index is 0. The molecule has 8 heteroatoms. The smallest absolute Gasteiger partial charge is 0.389 e. The number of nitrogens with one attached hydrogen (secondary N) is 2. The first kappa shape index (κ1) is 23.8. The molecule has 0 aromatic heterocycles. The average Bonchev–Trinajstić information content (AvgIpc) is 2.54. The molecule has 0 bridgehead atoms. The molecule has 0 aliphatic carbocycles. The number of halogens is 4. The number of hydrogen-bond donors (Lipinski definition) is 2. The summed E-state index contributed by atoms with van der Waals surface area (Å²) in [4.78, 5) is 4.30. The van der Waals surface area contributed by atoms with E-state index < -0.39 is 12.6 Å². The van der Waals surface area contributed by atoms with Gasteiger partial charge >= 0.3 is 6.18 Å². The third-order valence-electron chi connectivity index (χ3n) is 3.36. The Morgan fingerprint density at radius 2 is 1.88 bits per heavy atom. The zero-order chi connectivity index (χ0) is 17.8. The molecule has 0 radical (unpaired) electrons. The number of ether oxygens (including phenoxy) is 1. The molecule has 0 aliphatic rings. The van der Waals surface area contributed by atoms with Crippen molar-refractivity contribution in [3.63, 3.8) is 0 Å². The Morgan fingerprint density at radius 1 is 1.16 bits per heavy atom. The Hall–Kier alpha value is -1.19. The molecule has 0 spiro atoms. The lowest BCUT2D eigenvalue weighted by atomic mass is 10.1. The first-order valence-electron chi connectivity index (χ1n) is 8.17. The van der Waals surface area contributed by atoms with Gasteiger partial charge in [0.2, 0.25) is 0 Å². The zero-order valence-corrected chi connectivity index (χ0v) is 17.0. The highest BCUT2D eigenvalue weighted by atomic mass is 127. The third kappa shape index (κ3) is 11.1. The maximum Gasteiger partial charge on any atom is 0.389 e. The van der Waals surface area contributed by atoms with Gasteiger partial charge in [0.05, 0.1) is 7.11 Å². The fourth-order valence-corrected chi connectivity index (χ4v) is 2.19. The van der Waals surface area contributed by atoms with Gasteiger partial charge in [0.1, 0.15) is 5.75 Å². The average molecular weight is 473 g/mol. The number of nitrogens with zero attached hydrogens (tertiary/aromatic N) is 1. The van der Waals surface area contributed by atoms with Crippen molar-refractivity contribution >= 4 is 29.9 Å². The van der Waals surface area contributed by atoms with Crippen LogP contribution in [0.3, 0.4) is 0 Å². The van der Waals surface area contributed by atoms with E-state index >= 15 is 0 Å². The van der Waals surface area contributed by atoms with Crippen LogP contribution in [0, 0.1) is 0 Å². The maximum absolute atomic E-state index is 12.1. The number of aliphatic imine (C=N–C) groups is 1. The Labute approximate surface area is 164 Å². The number of alkyl halides is 3. The number of benzene rings is 1. The normalized spacial score (nSPS) is 11.6. The Balaban J connectivity index is 0.00000576. The fraction of sp³-hybridized carbons (Fsp3) is 0.588. The van der Waals surface area contributed by atoms with Crippen LogP contribution >= 0.6 is 24.0 Å². The molecule has 0 heterocycles. The highest BCUT2D eigenvalue weighted by Crippen LogP contribution is 2.22. The van der Waals surface area contributed by atoms with E-state index in [0.29, 0.717) is 32.0 Å². The highest BCUT2D eigenvalue weighted by Gasteiger charge is 2.25.